The van der Waals surface area contributed by atoms with Gasteiger partial charge in [0.05, 0.1) is 25.4 Å². The Morgan fingerprint density at radius 2 is 1.86 bits per heavy atom. The second-order valence-electron chi connectivity index (χ2n) is 7.52. The highest BCUT2D eigenvalue weighted by molar-refractivity contribution is 14.0. The number of hydrogen-bond acceptors (Lipinski definition) is 4. The second kappa shape index (κ2) is 12.4. The molecule has 0 radical (unpaired) electrons. The molecule has 0 bridgehead atoms. The zero-order chi connectivity index (χ0) is 19.7. The maximum absolute atomic E-state index is 6.11. The molecule has 1 saturated carbocycles. The van der Waals surface area contributed by atoms with Crippen molar-refractivity contribution in [3.05, 3.63) is 23.8 Å². The van der Waals surface area contributed by atoms with Crippen LogP contribution in [0.25, 0.3) is 0 Å². The number of benzene rings is 1. The van der Waals surface area contributed by atoms with Crippen molar-refractivity contribution in [1.29, 1.82) is 0 Å². The van der Waals surface area contributed by atoms with E-state index in [2.05, 4.69) is 28.6 Å². The van der Waals surface area contributed by atoms with Gasteiger partial charge in [-0.1, -0.05) is 6.07 Å². The first kappa shape index (κ1) is 24.8. The van der Waals surface area contributed by atoms with Crippen molar-refractivity contribution >= 4 is 29.9 Å². The third-order valence-corrected chi connectivity index (χ3v) is 4.82. The first-order chi connectivity index (χ1) is 13.0. The first-order valence-electron chi connectivity index (χ1n) is 9.88. The highest BCUT2D eigenvalue weighted by Gasteiger charge is 2.19. The van der Waals surface area contributed by atoms with Crippen LogP contribution in [0.4, 0.5) is 0 Å². The molecule has 0 unspecified atom stereocenters. The second-order valence-corrected chi connectivity index (χ2v) is 7.52. The molecule has 0 spiro atoms. The molecule has 0 atom stereocenters. The average molecular weight is 505 g/mol. The summed E-state index contributed by atoms with van der Waals surface area (Å²) in [6.07, 6.45) is 5.08. The van der Waals surface area contributed by atoms with Crippen LogP contribution in [0.1, 0.15) is 52.0 Å². The molecule has 1 aromatic rings. The predicted octanol–water partition coefficient (Wildman–Crippen LogP) is 4.11. The fourth-order valence-electron chi connectivity index (χ4n) is 2.97. The lowest BCUT2D eigenvalue weighted by Crippen LogP contribution is -2.45. The fourth-order valence-corrected chi connectivity index (χ4v) is 2.97. The van der Waals surface area contributed by atoms with Crippen molar-refractivity contribution in [1.82, 2.24) is 10.6 Å². The summed E-state index contributed by atoms with van der Waals surface area (Å²) in [6.45, 7) is 8.16. The van der Waals surface area contributed by atoms with Crippen LogP contribution in [-0.2, 0) is 11.3 Å². The lowest BCUT2D eigenvalue weighted by molar-refractivity contribution is 0.0268. The minimum atomic E-state index is -0.251. The van der Waals surface area contributed by atoms with Crippen molar-refractivity contribution in [3.8, 4) is 11.5 Å². The molecule has 0 saturated heterocycles. The van der Waals surface area contributed by atoms with Gasteiger partial charge in [0.25, 0.3) is 0 Å². The monoisotopic (exact) mass is 505 g/mol. The van der Waals surface area contributed by atoms with Gasteiger partial charge < -0.3 is 24.8 Å². The summed E-state index contributed by atoms with van der Waals surface area (Å²) in [4.78, 5) is 4.67. The van der Waals surface area contributed by atoms with Crippen LogP contribution < -0.4 is 20.1 Å². The highest BCUT2D eigenvalue weighted by atomic mass is 127. The first-order valence-corrected chi connectivity index (χ1v) is 9.88. The molecule has 1 aliphatic rings. The van der Waals surface area contributed by atoms with Gasteiger partial charge in [0.1, 0.15) is 0 Å². The molecule has 2 rings (SSSR count). The standard InChI is InChI=1S/C21H35N3O3.HI/c1-6-22-20(24-15-21(2,3)26-5)23-14-16-11-12-18(19(13-16)25-4)27-17-9-7-8-10-17;/h11-13,17H,6-10,14-15H2,1-5H3,(H2,22,23,24);1H. The Labute approximate surface area is 186 Å². The summed E-state index contributed by atoms with van der Waals surface area (Å²) in [6, 6.07) is 6.06. The maximum atomic E-state index is 6.11. The van der Waals surface area contributed by atoms with Gasteiger partial charge in [-0.25, -0.2) is 4.99 Å². The Bertz CT molecular complexity index is 617. The largest absolute Gasteiger partial charge is 0.493 e. The number of rotatable bonds is 9. The van der Waals surface area contributed by atoms with Crippen LogP contribution in [0, 0.1) is 0 Å². The van der Waals surface area contributed by atoms with Crippen LogP contribution in [0.15, 0.2) is 23.2 Å². The van der Waals surface area contributed by atoms with Crippen LogP contribution >= 0.6 is 24.0 Å². The molecular formula is C21H36IN3O3. The Balaban J connectivity index is 0.00000392. The van der Waals surface area contributed by atoms with Crippen LogP contribution in [0.5, 0.6) is 11.5 Å². The molecule has 0 heterocycles. The van der Waals surface area contributed by atoms with Gasteiger partial charge in [-0.05, 0) is 64.2 Å². The Hall–Kier alpha value is -1.22. The molecule has 0 aliphatic heterocycles. The average Bonchev–Trinajstić information content (AvgIpc) is 3.18. The number of halogens is 1. The van der Waals surface area contributed by atoms with Crippen LogP contribution in [0.2, 0.25) is 0 Å². The third-order valence-electron chi connectivity index (χ3n) is 4.82. The molecule has 1 aromatic carbocycles. The molecule has 1 aliphatic carbocycles. The number of guanidine groups is 1. The SMILES string of the molecule is CCNC(=NCc1ccc(OC2CCCC2)c(OC)c1)NCC(C)(C)OC.I. The van der Waals surface area contributed by atoms with E-state index in [1.165, 1.54) is 12.8 Å². The van der Waals surface area contributed by atoms with E-state index in [4.69, 9.17) is 14.2 Å². The number of nitrogens with one attached hydrogen (secondary N) is 2. The van der Waals surface area contributed by atoms with Crippen molar-refractivity contribution in [2.75, 3.05) is 27.3 Å². The quantitative estimate of drug-likeness (QED) is 0.301. The lowest BCUT2D eigenvalue weighted by atomic mass is 10.1. The number of methoxy groups -OCH3 is 2. The Kier molecular flexibility index (Phi) is 11.0. The maximum Gasteiger partial charge on any atom is 0.191 e. The number of aliphatic imine (C=N–C) groups is 1. The molecule has 7 heteroatoms. The minimum absolute atomic E-state index is 0. The van der Waals surface area contributed by atoms with Gasteiger partial charge in [0.2, 0.25) is 0 Å². The number of hydrogen-bond donors (Lipinski definition) is 2. The van der Waals surface area contributed by atoms with Crippen LogP contribution in [-0.4, -0.2) is 45.0 Å². The van der Waals surface area contributed by atoms with Gasteiger partial charge in [-0.2, -0.15) is 0 Å². The normalized spacial score (nSPS) is 15.1. The van der Waals surface area contributed by atoms with Gasteiger partial charge >= 0.3 is 0 Å². The Morgan fingerprint density at radius 3 is 2.46 bits per heavy atom. The van der Waals surface area contributed by atoms with Gasteiger partial charge in [0.15, 0.2) is 17.5 Å². The molecule has 1 fully saturated rings. The van der Waals surface area contributed by atoms with Gasteiger partial charge in [0, 0.05) is 20.2 Å². The van der Waals surface area contributed by atoms with Crippen molar-refractivity contribution in [2.24, 2.45) is 4.99 Å². The number of nitrogens with zero attached hydrogens (tertiary/aromatic N) is 1. The van der Waals surface area contributed by atoms with E-state index in [9.17, 15) is 0 Å². The molecule has 160 valence electrons. The van der Waals surface area contributed by atoms with E-state index in [0.717, 1.165) is 42.4 Å². The van der Waals surface area contributed by atoms with Crippen LogP contribution in [0.3, 0.4) is 0 Å². The van der Waals surface area contributed by atoms with Gasteiger partial charge in [-0.3, -0.25) is 0 Å². The Morgan fingerprint density at radius 1 is 1.14 bits per heavy atom. The summed E-state index contributed by atoms with van der Waals surface area (Å²) in [5.74, 6) is 2.37. The summed E-state index contributed by atoms with van der Waals surface area (Å²) < 4.78 is 17.1. The van der Waals surface area contributed by atoms with Gasteiger partial charge in [-0.15, -0.1) is 24.0 Å². The summed E-state index contributed by atoms with van der Waals surface area (Å²) in [5.41, 5.74) is 0.826. The molecule has 28 heavy (non-hydrogen) atoms. The zero-order valence-corrected chi connectivity index (χ0v) is 20.2. The van der Waals surface area contributed by atoms with Crippen molar-refractivity contribution in [3.63, 3.8) is 0 Å². The summed E-state index contributed by atoms with van der Waals surface area (Å²) in [5, 5.41) is 6.59. The smallest absolute Gasteiger partial charge is 0.191 e. The van der Waals surface area contributed by atoms with E-state index >= 15 is 0 Å². The summed E-state index contributed by atoms with van der Waals surface area (Å²) >= 11 is 0. The highest BCUT2D eigenvalue weighted by Crippen LogP contribution is 2.32. The predicted molar refractivity (Wildman–Crippen MR) is 125 cm³/mol. The molecular weight excluding hydrogens is 469 g/mol. The van der Waals surface area contributed by atoms with E-state index in [0.29, 0.717) is 19.2 Å². The van der Waals surface area contributed by atoms with E-state index < -0.39 is 0 Å². The third kappa shape index (κ3) is 8.03. The van der Waals surface area contributed by atoms with E-state index in [-0.39, 0.29) is 29.6 Å². The summed E-state index contributed by atoms with van der Waals surface area (Å²) in [7, 11) is 3.40. The molecule has 6 nitrogen and oxygen atoms in total. The molecule has 0 amide bonds. The lowest BCUT2D eigenvalue weighted by Gasteiger charge is -2.24. The minimum Gasteiger partial charge on any atom is -0.493 e. The van der Waals surface area contributed by atoms with Crippen molar-refractivity contribution in [2.45, 2.75) is 64.7 Å². The molecule has 2 N–H and O–H groups in total. The van der Waals surface area contributed by atoms with E-state index in [1.807, 2.05) is 26.0 Å². The zero-order valence-electron chi connectivity index (χ0n) is 17.8. The van der Waals surface area contributed by atoms with Crippen molar-refractivity contribution < 1.29 is 14.2 Å². The van der Waals surface area contributed by atoms with E-state index in [1.54, 1.807) is 14.2 Å². The number of ether oxygens (including phenoxy) is 3. The topological polar surface area (TPSA) is 64.1 Å². The fraction of sp³-hybridized carbons (Fsp3) is 0.667. The molecule has 0 aromatic heterocycles.